The molecule has 0 radical (unpaired) electrons. The van der Waals surface area contributed by atoms with Gasteiger partial charge in [0.15, 0.2) is 6.07 Å². The summed E-state index contributed by atoms with van der Waals surface area (Å²) in [6.07, 6.45) is 4.36. The Kier molecular flexibility index (Phi) is 6.20. The lowest BCUT2D eigenvalue weighted by Gasteiger charge is -2.30. The Morgan fingerprint density at radius 2 is 1.88 bits per heavy atom. The van der Waals surface area contributed by atoms with E-state index in [9.17, 15) is 30.1 Å². The number of nitriles is 1. The van der Waals surface area contributed by atoms with Gasteiger partial charge in [-0.25, -0.2) is 9.59 Å². The molecule has 0 fully saturated rings. The van der Waals surface area contributed by atoms with Crippen LogP contribution in [0.4, 0.5) is 0 Å². The number of hydrogen-bond donors (Lipinski definition) is 1. The van der Waals surface area contributed by atoms with E-state index in [0.29, 0.717) is 0 Å². The predicted molar refractivity (Wildman–Crippen MR) is 79.9 cm³/mol. The highest BCUT2D eigenvalue weighted by molar-refractivity contribution is 6.03. The van der Waals surface area contributed by atoms with Gasteiger partial charge in [-0.2, -0.15) is 5.26 Å². The first-order valence-corrected chi connectivity index (χ1v) is 7.27. The minimum Gasteiger partial charge on any atom is -0.463 e. The largest absolute Gasteiger partial charge is 0.463 e. The Morgan fingerprint density at radius 3 is 2.29 bits per heavy atom. The molecule has 0 saturated heterocycles. The second-order valence-electron chi connectivity index (χ2n) is 5.05. The molecule has 2 unspecified atom stereocenters. The van der Waals surface area contributed by atoms with E-state index >= 15 is 0 Å². The summed E-state index contributed by atoms with van der Waals surface area (Å²) in [6.45, 7) is 2.73. The normalized spacial score (nSPS) is 22.5. The maximum Gasteiger partial charge on any atom is 0.350 e. The molecule has 1 aliphatic rings. The topological polar surface area (TPSA) is 140 Å². The molecule has 0 aliphatic heterocycles. The van der Waals surface area contributed by atoms with Gasteiger partial charge in [-0.1, -0.05) is 18.2 Å². The third kappa shape index (κ3) is 3.44. The van der Waals surface area contributed by atoms with Gasteiger partial charge in [-0.3, -0.25) is 10.1 Å². The molecule has 0 aromatic heterocycles. The summed E-state index contributed by atoms with van der Waals surface area (Å²) in [6, 6.07) is 1.58. The summed E-state index contributed by atoms with van der Waals surface area (Å²) in [5.41, 5.74) is -4.95. The summed E-state index contributed by atoms with van der Waals surface area (Å²) < 4.78 is 9.39. The van der Waals surface area contributed by atoms with Crippen LogP contribution < -0.4 is 0 Å². The molecule has 0 saturated carbocycles. The summed E-state index contributed by atoms with van der Waals surface area (Å²) in [5, 5.41) is 31.2. The molecule has 130 valence electrons. The van der Waals surface area contributed by atoms with E-state index in [2.05, 4.69) is 0 Å². The first-order valence-electron chi connectivity index (χ1n) is 7.27. The Bertz CT molecular complexity index is 602. The van der Waals surface area contributed by atoms with Crippen LogP contribution in [0.2, 0.25) is 0 Å². The van der Waals surface area contributed by atoms with Crippen molar-refractivity contribution in [1.29, 1.82) is 5.26 Å². The van der Waals surface area contributed by atoms with Crippen LogP contribution in [0.3, 0.4) is 0 Å². The van der Waals surface area contributed by atoms with E-state index in [0.717, 1.165) is 6.08 Å². The number of carbonyl (C=O) groups is 2. The summed E-state index contributed by atoms with van der Waals surface area (Å²) >= 11 is 0. The first kappa shape index (κ1) is 19.3. The molecule has 1 aliphatic carbocycles. The Hall–Kier alpha value is -2.73. The fraction of sp³-hybridized carbons (Fsp3) is 0.533. The number of nitrogens with zero attached hydrogens (tertiary/aromatic N) is 2. The number of rotatable bonds is 7. The molecule has 0 amide bonds. The van der Waals surface area contributed by atoms with Crippen LogP contribution in [0.1, 0.15) is 20.3 Å². The maximum atomic E-state index is 12.1. The van der Waals surface area contributed by atoms with Crippen molar-refractivity contribution in [3.8, 4) is 6.07 Å². The second-order valence-corrected chi connectivity index (χ2v) is 5.05. The van der Waals surface area contributed by atoms with Crippen LogP contribution >= 0.6 is 0 Å². The Balaban J connectivity index is 3.26. The maximum absolute atomic E-state index is 12.1. The molecular formula is C15H18N2O7. The average Bonchev–Trinajstić information content (AvgIpc) is 2.55. The molecule has 9 nitrogen and oxygen atoms in total. The molecule has 0 aromatic carbocycles. The van der Waals surface area contributed by atoms with Gasteiger partial charge in [0.25, 0.3) is 5.60 Å². The van der Waals surface area contributed by atoms with Crippen LogP contribution in [-0.2, 0) is 19.1 Å². The third-order valence-electron chi connectivity index (χ3n) is 3.59. The number of esters is 2. The van der Waals surface area contributed by atoms with Gasteiger partial charge in [-0.05, 0) is 13.8 Å². The third-order valence-corrected chi connectivity index (χ3v) is 3.59. The molecule has 0 bridgehead atoms. The van der Waals surface area contributed by atoms with Gasteiger partial charge < -0.3 is 14.6 Å². The molecular weight excluding hydrogens is 320 g/mol. The van der Waals surface area contributed by atoms with E-state index in [1.165, 1.54) is 32.1 Å². The van der Waals surface area contributed by atoms with Gasteiger partial charge in [-0.15, -0.1) is 0 Å². The molecule has 0 heterocycles. The Morgan fingerprint density at radius 1 is 1.33 bits per heavy atom. The molecule has 0 aromatic rings. The van der Waals surface area contributed by atoms with E-state index in [1.54, 1.807) is 6.07 Å². The van der Waals surface area contributed by atoms with Crippen LogP contribution in [0, 0.1) is 27.4 Å². The van der Waals surface area contributed by atoms with E-state index < -0.39 is 40.3 Å². The number of ether oxygens (including phenoxy) is 2. The highest BCUT2D eigenvalue weighted by Crippen LogP contribution is 2.35. The number of allylic oxidation sites excluding steroid dienone is 2. The average molecular weight is 338 g/mol. The van der Waals surface area contributed by atoms with E-state index in [4.69, 9.17) is 9.47 Å². The molecule has 0 spiro atoms. The predicted octanol–water partition coefficient (Wildman–Crippen LogP) is 0.515. The summed E-state index contributed by atoms with van der Waals surface area (Å²) in [7, 11) is 0. The van der Waals surface area contributed by atoms with Crippen molar-refractivity contribution in [2.45, 2.75) is 31.4 Å². The number of carbonyl (C=O) groups excluding carboxylic acids is 2. The van der Waals surface area contributed by atoms with Gasteiger partial charge in [0, 0.05) is 17.4 Å². The summed E-state index contributed by atoms with van der Waals surface area (Å²) in [5.74, 6) is -3.79. The van der Waals surface area contributed by atoms with E-state index in [-0.39, 0.29) is 13.2 Å². The van der Waals surface area contributed by atoms with Gasteiger partial charge in [0.2, 0.25) is 0 Å². The van der Waals surface area contributed by atoms with Crippen molar-refractivity contribution < 1.29 is 29.1 Å². The molecule has 1 rings (SSSR count). The number of aliphatic hydroxyl groups is 1. The minimum absolute atomic E-state index is 0.112. The second kappa shape index (κ2) is 7.70. The number of hydrogen-bond acceptors (Lipinski definition) is 8. The number of nitro groups is 1. The molecule has 1 N–H and O–H groups in total. The van der Waals surface area contributed by atoms with Crippen LogP contribution in [0.15, 0.2) is 24.3 Å². The monoisotopic (exact) mass is 338 g/mol. The lowest BCUT2D eigenvalue weighted by atomic mass is 9.75. The fourth-order valence-electron chi connectivity index (χ4n) is 2.32. The van der Waals surface area contributed by atoms with Crippen LogP contribution in [0.25, 0.3) is 0 Å². The SMILES string of the molecule is CCOC(=O)C(O)(CC1C=CC=CC1(C#N)[N+](=O)[O-])C(=O)OCC. The highest BCUT2D eigenvalue weighted by atomic mass is 16.6. The van der Waals surface area contributed by atoms with Crippen molar-refractivity contribution in [2.24, 2.45) is 5.92 Å². The lowest BCUT2D eigenvalue weighted by molar-refractivity contribution is -0.546. The van der Waals surface area contributed by atoms with Crippen molar-refractivity contribution >= 4 is 11.9 Å². The van der Waals surface area contributed by atoms with Crippen molar-refractivity contribution in [2.75, 3.05) is 13.2 Å². The highest BCUT2D eigenvalue weighted by Gasteiger charge is 2.57. The van der Waals surface area contributed by atoms with Gasteiger partial charge in [0.1, 0.15) is 0 Å². The fourth-order valence-corrected chi connectivity index (χ4v) is 2.32. The summed E-state index contributed by atoms with van der Waals surface area (Å²) in [4.78, 5) is 34.7. The molecule has 2 atom stereocenters. The molecule has 9 heteroatoms. The van der Waals surface area contributed by atoms with Gasteiger partial charge in [0.05, 0.1) is 19.1 Å². The van der Waals surface area contributed by atoms with E-state index in [1.807, 2.05) is 0 Å². The van der Waals surface area contributed by atoms with Crippen molar-refractivity contribution in [1.82, 2.24) is 0 Å². The zero-order valence-corrected chi connectivity index (χ0v) is 13.3. The van der Waals surface area contributed by atoms with Crippen LogP contribution in [-0.4, -0.2) is 46.3 Å². The minimum atomic E-state index is -2.75. The molecule has 24 heavy (non-hydrogen) atoms. The zero-order valence-electron chi connectivity index (χ0n) is 13.3. The smallest absolute Gasteiger partial charge is 0.350 e. The Labute approximate surface area is 138 Å². The van der Waals surface area contributed by atoms with Crippen molar-refractivity contribution in [3.63, 3.8) is 0 Å². The van der Waals surface area contributed by atoms with Gasteiger partial charge >= 0.3 is 17.5 Å². The standard InChI is InChI=1S/C15H18N2O7/c1-3-23-12(18)15(20,13(19)24-4-2)9-11-7-5-6-8-14(11,10-16)17(21)22/h5-8,11,20H,3-4,9H2,1-2H3. The van der Waals surface area contributed by atoms with Crippen molar-refractivity contribution in [3.05, 3.63) is 34.4 Å². The zero-order chi connectivity index (χ0) is 18.4. The van der Waals surface area contributed by atoms with Crippen LogP contribution in [0.5, 0.6) is 0 Å². The quantitative estimate of drug-likeness (QED) is 0.306. The lowest BCUT2D eigenvalue weighted by Crippen LogP contribution is -2.54. The first-order chi connectivity index (χ1) is 11.3.